The third kappa shape index (κ3) is 1.40. The molecule has 2 rings (SSSR count). The molecular weight excluding hydrogens is 180 g/mol. The minimum Gasteiger partial charge on any atom is -0.374 e. The fraction of sp³-hybridized carbons (Fsp3) is 1.00. The summed E-state index contributed by atoms with van der Waals surface area (Å²) in [7, 11) is 0. The molecule has 2 N–H and O–H groups in total. The second kappa shape index (κ2) is 3.39. The first-order valence-corrected chi connectivity index (χ1v) is 5.05. The first-order chi connectivity index (χ1) is 5.79. The Balaban J connectivity index is 2.08. The van der Waals surface area contributed by atoms with E-state index in [1.54, 1.807) is 4.31 Å². The molecule has 2 aliphatic rings. The summed E-state index contributed by atoms with van der Waals surface area (Å²) >= 11 is -1.85. The zero-order valence-corrected chi connectivity index (χ0v) is 7.42. The highest BCUT2D eigenvalue weighted by Crippen LogP contribution is 2.18. The van der Waals surface area contributed by atoms with E-state index >= 15 is 0 Å². The maximum Gasteiger partial charge on any atom is 0.234 e. The fourth-order valence-corrected chi connectivity index (χ4v) is 2.42. The van der Waals surface area contributed by atoms with Gasteiger partial charge in [0.05, 0.1) is 18.8 Å². The van der Waals surface area contributed by atoms with E-state index in [4.69, 9.17) is 9.29 Å². The number of rotatable bonds is 1. The molecule has 0 saturated carbocycles. The van der Waals surface area contributed by atoms with E-state index in [0.717, 1.165) is 13.1 Å². The minimum absolute atomic E-state index is 0.0737. The van der Waals surface area contributed by atoms with Crippen LogP contribution in [0.15, 0.2) is 0 Å². The zero-order chi connectivity index (χ0) is 8.55. The van der Waals surface area contributed by atoms with E-state index < -0.39 is 11.3 Å². The van der Waals surface area contributed by atoms with Crippen molar-refractivity contribution in [3.63, 3.8) is 0 Å². The highest BCUT2D eigenvalue weighted by atomic mass is 32.2. The molecule has 0 spiro atoms. The van der Waals surface area contributed by atoms with Crippen molar-refractivity contribution >= 4 is 11.3 Å². The average molecular weight is 192 g/mol. The normalized spacial score (nSPS) is 39.4. The van der Waals surface area contributed by atoms with Crippen LogP contribution in [-0.4, -0.2) is 51.5 Å². The van der Waals surface area contributed by atoms with Crippen LogP contribution < -0.4 is 5.32 Å². The number of nitrogens with zero attached hydrogens (tertiary/aromatic N) is 1. The maximum atomic E-state index is 10.9. The van der Waals surface area contributed by atoms with E-state index in [1.807, 2.05) is 0 Å². The molecule has 2 aliphatic heterocycles. The Bertz CT molecular complexity index is 201. The quantitative estimate of drug-likeness (QED) is 0.512. The highest BCUT2D eigenvalue weighted by Gasteiger charge is 2.38. The average Bonchev–Trinajstić information content (AvgIpc) is 2.49. The number of hydrogen-bond acceptors (Lipinski definition) is 3. The van der Waals surface area contributed by atoms with Crippen LogP contribution in [-0.2, 0) is 16.0 Å². The third-order valence-electron chi connectivity index (χ3n) is 2.34. The second-order valence-electron chi connectivity index (χ2n) is 3.01. The maximum absolute atomic E-state index is 10.9. The summed E-state index contributed by atoms with van der Waals surface area (Å²) in [6, 6.07) is 0.0737. The molecule has 2 saturated heterocycles. The fourth-order valence-electron chi connectivity index (χ4n) is 1.75. The second-order valence-corrected chi connectivity index (χ2v) is 3.94. The van der Waals surface area contributed by atoms with Gasteiger partial charge in [-0.25, -0.2) is 4.21 Å². The van der Waals surface area contributed by atoms with Crippen LogP contribution in [0.5, 0.6) is 0 Å². The lowest BCUT2D eigenvalue weighted by Crippen LogP contribution is -2.51. The molecular formula is C6H12N2O3S. The van der Waals surface area contributed by atoms with Crippen LogP contribution in [0.2, 0.25) is 0 Å². The van der Waals surface area contributed by atoms with Crippen molar-refractivity contribution in [3.05, 3.63) is 0 Å². The molecule has 5 nitrogen and oxygen atoms in total. The molecule has 3 unspecified atom stereocenters. The van der Waals surface area contributed by atoms with Crippen molar-refractivity contribution in [3.8, 4) is 0 Å². The van der Waals surface area contributed by atoms with Crippen LogP contribution >= 0.6 is 0 Å². The number of nitrogens with one attached hydrogen (secondary N) is 1. The molecule has 0 bridgehead atoms. The molecule has 0 aromatic carbocycles. The van der Waals surface area contributed by atoms with Gasteiger partial charge in [0.1, 0.15) is 0 Å². The van der Waals surface area contributed by atoms with Crippen LogP contribution in [0, 0.1) is 0 Å². The Hall–Kier alpha value is -0.0100. The summed E-state index contributed by atoms with van der Waals surface area (Å²) in [4.78, 5) is 0. The highest BCUT2D eigenvalue weighted by molar-refractivity contribution is 7.76. The summed E-state index contributed by atoms with van der Waals surface area (Å²) in [6.45, 7) is 2.64. The Morgan fingerprint density at radius 3 is 3.17 bits per heavy atom. The molecule has 6 heteroatoms. The monoisotopic (exact) mass is 192 g/mol. The molecule has 2 fully saturated rings. The summed E-state index contributed by atoms with van der Waals surface area (Å²) < 4.78 is 26.8. The summed E-state index contributed by atoms with van der Waals surface area (Å²) in [5.41, 5.74) is 0. The first kappa shape index (κ1) is 8.58. The topological polar surface area (TPSA) is 61.8 Å². The molecule has 0 aromatic heterocycles. The SMILES string of the molecule is O=S(O)N1CCOC2CNCC21. The number of morpholine rings is 1. The van der Waals surface area contributed by atoms with Gasteiger partial charge in [0.25, 0.3) is 0 Å². The molecule has 2 heterocycles. The lowest BCUT2D eigenvalue weighted by Gasteiger charge is -2.33. The largest absolute Gasteiger partial charge is 0.374 e. The molecule has 12 heavy (non-hydrogen) atoms. The molecule has 3 atom stereocenters. The standard InChI is InChI=1S/C6H12N2O3S/c9-12(10)8-1-2-11-6-4-7-3-5(6)8/h5-7H,1-4H2,(H,9,10). The van der Waals surface area contributed by atoms with Crippen molar-refractivity contribution in [2.24, 2.45) is 0 Å². The van der Waals surface area contributed by atoms with E-state index in [0.29, 0.717) is 13.2 Å². The summed E-state index contributed by atoms with van der Waals surface area (Å²) in [5, 5.41) is 3.14. The zero-order valence-electron chi connectivity index (χ0n) is 6.60. The van der Waals surface area contributed by atoms with E-state index in [-0.39, 0.29) is 12.1 Å². The molecule has 0 aromatic rings. The first-order valence-electron chi connectivity index (χ1n) is 3.99. The number of hydrogen-bond donors (Lipinski definition) is 2. The summed E-state index contributed by atoms with van der Waals surface area (Å²) in [5.74, 6) is 0. The van der Waals surface area contributed by atoms with Crippen LogP contribution in [0.3, 0.4) is 0 Å². The number of ether oxygens (including phenoxy) is 1. The van der Waals surface area contributed by atoms with Gasteiger partial charge in [-0.2, -0.15) is 4.31 Å². The molecule has 70 valence electrons. The lowest BCUT2D eigenvalue weighted by molar-refractivity contribution is -0.0152. The van der Waals surface area contributed by atoms with Gasteiger partial charge in [-0.05, 0) is 0 Å². The Morgan fingerprint density at radius 2 is 2.42 bits per heavy atom. The van der Waals surface area contributed by atoms with Gasteiger partial charge < -0.3 is 10.1 Å². The molecule has 0 aliphatic carbocycles. The van der Waals surface area contributed by atoms with Crippen molar-refractivity contribution in [2.45, 2.75) is 12.1 Å². The van der Waals surface area contributed by atoms with Gasteiger partial charge in [-0.1, -0.05) is 0 Å². The number of fused-ring (bicyclic) bond motifs is 1. The van der Waals surface area contributed by atoms with Crippen LogP contribution in [0.4, 0.5) is 0 Å². The van der Waals surface area contributed by atoms with Gasteiger partial charge in [0.15, 0.2) is 0 Å². The lowest BCUT2D eigenvalue weighted by atomic mass is 10.2. The van der Waals surface area contributed by atoms with Crippen LogP contribution in [0.1, 0.15) is 0 Å². The Kier molecular flexibility index (Phi) is 2.42. The van der Waals surface area contributed by atoms with Gasteiger partial charge in [0, 0.05) is 19.6 Å². The van der Waals surface area contributed by atoms with E-state index in [9.17, 15) is 4.21 Å². The summed E-state index contributed by atoms with van der Waals surface area (Å²) in [6.07, 6.45) is 0.0925. The van der Waals surface area contributed by atoms with Crippen LogP contribution in [0.25, 0.3) is 0 Å². The predicted molar refractivity (Wildman–Crippen MR) is 43.9 cm³/mol. The van der Waals surface area contributed by atoms with Gasteiger partial charge in [-0.15, -0.1) is 0 Å². The smallest absolute Gasteiger partial charge is 0.234 e. The van der Waals surface area contributed by atoms with Gasteiger partial charge in [0.2, 0.25) is 11.3 Å². The van der Waals surface area contributed by atoms with Crippen molar-refractivity contribution in [1.29, 1.82) is 0 Å². The van der Waals surface area contributed by atoms with Crippen molar-refractivity contribution in [2.75, 3.05) is 26.2 Å². The predicted octanol–water partition coefficient (Wildman–Crippen LogP) is -1.20. The molecule has 0 radical (unpaired) electrons. The Labute approximate surface area is 73.5 Å². The minimum atomic E-state index is -1.85. The van der Waals surface area contributed by atoms with Gasteiger partial charge in [-0.3, -0.25) is 4.55 Å². The van der Waals surface area contributed by atoms with Crippen molar-refractivity contribution < 1.29 is 13.5 Å². The van der Waals surface area contributed by atoms with E-state index in [1.165, 1.54) is 0 Å². The third-order valence-corrected chi connectivity index (χ3v) is 3.20. The van der Waals surface area contributed by atoms with Crippen molar-refractivity contribution in [1.82, 2.24) is 9.62 Å². The van der Waals surface area contributed by atoms with Gasteiger partial charge >= 0.3 is 0 Å². The Morgan fingerprint density at radius 1 is 1.58 bits per heavy atom. The molecule has 0 amide bonds. The van der Waals surface area contributed by atoms with E-state index in [2.05, 4.69) is 5.32 Å².